The summed E-state index contributed by atoms with van der Waals surface area (Å²) in [7, 11) is 0. The van der Waals surface area contributed by atoms with Gasteiger partial charge in [-0.05, 0) is 17.5 Å². The van der Waals surface area contributed by atoms with Crippen molar-refractivity contribution in [2.75, 3.05) is 0 Å². The molecule has 0 bridgehead atoms. The summed E-state index contributed by atoms with van der Waals surface area (Å²) in [5.41, 5.74) is 6.35. The molecule has 2 aromatic carbocycles. The van der Waals surface area contributed by atoms with Crippen molar-refractivity contribution in [3.63, 3.8) is 0 Å². The lowest BCUT2D eigenvalue weighted by Gasteiger charge is -2.36. The fourth-order valence-corrected chi connectivity index (χ4v) is 2.95. The van der Waals surface area contributed by atoms with Gasteiger partial charge in [0.05, 0.1) is 0 Å². The number of aliphatic hydroxyl groups is 1. The van der Waals surface area contributed by atoms with Gasteiger partial charge in [0, 0.05) is 11.5 Å². The van der Waals surface area contributed by atoms with Crippen molar-refractivity contribution in [2.45, 2.75) is 12.0 Å². The first-order valence-electron chi connectivity index (χ1n) is 6.96. The number of amides is 1. The van der Waals surface area contributed by atoms with E-state index in [1.165, 1.54) is 0 Å². The van der Waals surface area contributed by atoms with E-state index < -0.39 is 11.5 Å². The van der Waals surface area contributed by atoms with Gasteiger partial charge in [0.15, 0.2) is 5.60 Å². The highest BCUT2D eigenvalue weighted by Gasteiger charge is 2.45. The van der Waals surface area contributed by atoms with Crippen LogP contribution < -0.4 is 5.73 Å². The third-order valence-electron chi connectivity index (χ3n) is 4.09. The summed E-state index contributed by atoms with van der Waals surface area (Å²) in [5.74, 6) is -1.08. The van der Waals surface area contributed by atoms with Crippen molar-refractivity contribution >= 4 is 12.0 Å². The number of nitrogens with two attached hydrogens (primary N) is 1. The van der Waals surface area contributed by atoms with E-state index in [-0.39, 0.29) is 5.92 Å². The largest absolute Gasteiger partial charge is 0.375 e. The molecule has 2 atom stereocenters. The smallest absolute Gasteiger partial charge is 0.254 e. The standard InChI is InChI=1S/C18H17NO2/c19-17(20)18(21)15(12-13-6-2-1-3-7-13)11-10-14-8-4-5-9-16(14)18/h1-11,15,21H,12H2,(H2,19,20). The Kier molecular flexibility index (Phi) is 3.35. The van der Waals surface area contributed by atoms with Gasteiger partial charge in [-0.2, -0.15) is 0 Å². The topological polar surface area (TPSA) is 63.3 Å². The second-order valence-electron chi connectivity index (χ2n) is 5.37. The van der Waals surface area contributed by atoms with Crippen LogP contribution in [0.1, 0.15) is 16.7 Å². The molecular weight excluding hydrogens is 262 g/mol. The molecule has 1 aliphatic carbocycles. The Morgan fingerprint density at radius 1 is 1.10 bits per heavy atom. The summed E-state index contributed by atoms with van der Waals surface area (Å²) in [4.78, 5) is 12.0. The first-order valence-corrected chi connectivity index (χ1v) is 6.96. The number of carbonyl (C=O) groups excluding carboxylic acids is 1. The van der Waals surface area contributed by atoms with E-state index in [9.17, 15) is 9.90 Å². The van der Waals surface area contributed by atoms with Gasteiger partial charge in [0.1, 0.15) is 0 Å². The van der Waals surface area contributed by atoms with Crippen LogP contribution in [-0.2, 0) is 16.8 Å². The van der Waals surface area contributed by atoms with Crippen molar-refractivity contribution in [1.82, 2.24) is 0 Å². The van der Waals surface area contributed by atoms with Crippen LogP contribution in [-0.4, -0.2) is 11.0 Å². The van der Waals surface area contributed by atoms with Crippen molar-refractivity contribution in [3.8, 4) is 0 Å². The minimum atomic E-state index is -1.67. The van der Waals surface area contributed by atoms with Gasteiger partial charge < -0.3 is 10.8 Å². The van der Waals surface area contributed by atoms with Crippen LogP contribution in [0.4, 0.5) is 0 Å². The Labute approximate surface area is 123 Å². The molecule has 3 N–H and O–H groups in total. The van der Waals surface area contributed by atoms with Crippen molar-refractivity contribution in [2.24, 2.45) is 11.7 Å². The Balaban J connectivity index is 2.04. The predicted octanol–water partition coefficient (Wildman–Crippen LogP) is 2.25. The number of fused-ring (bicyclic) bond motifs is 1. The van der Waals surface area contributed by atoms with Crippen LogP contribution in [0.3, 0.4) is 0 Å². The predicted molar refractivity (Wildman–Crippen MR) is 82.2 cm³/mol. The molecule has 0 radical (unpaired) electrons. The molecule has 0 aliphatic heterocycles. The summed E-state index contributed by atoms with van der Waals surface area (Å²) in [6, 6.07) is 17.1. The highest BCUT2D eigenvalue weighted by molar-refractivity contribution is 5.88. The van der Waals surface area contributed by atoms with Crippen LogP contribution in [0.2, 0.25) is 0 Å². The Bertz CT molecular complexity index is 693. The fourth-order valence-electron chi connectivity index (χ4n) is 2.95. The normalized spacial score (nSPS) is 23.6. The van der Waals surface area contributed by atoms with Crippen molar-refractivity contribution in [3.05, 3.63) is 77.4 Å². The molecule has 21 heavy (non-hydrogen) atoms. The number of primary amides is 1. The van der Waals surface area contributed by atoms with E-state index in [1.807, 2.05) is 60.7 Å². The first-order chi connectivity index (χ1) is 10.1. The van der Waals surface area contributed by atoms with Gasteiger partial charge in [0.2, 0.25) is 0 Å². The lowest BCUT2D eigenvalue weighted by molar-refractivity contribution is -0.141. The Hall–Kier alpha value is -2.39. The van der Waals surface area contributed by atoms with Crippen LogP contribution in [0.5, 0.6) is 0 Å². The third kappa shape index (κ3) is 2.26. The molecule has 3 nitrogen and oxygen atoms in total. The highest BCUT2D eigenvalue weighted by Crippen LogP contribution is 2.39. The number of rotatable bonds is 3. The fraction of sp³-hybridized carbons (Fsp3) is 0.167. The Morgan fingerprint density at radius 3 is 2.48 bits per heavy atom. The van der Waals surface area contributed by atoms with E-state index in [0.29, 0.717) is 12.0 Å². The van der Waals surface area contributed by atoms with Crippen LogP contribution in [0.15, 0.2) is 60.7 Å². The zero-order chi connectivity index (χ0) is 14.9. The Morgan fingerprint density at radius 2 is 1.76 bits per heavy atom. The van der Waals surface area contributed by atoms with Crippen molar-refractivity contribution < 1.29 is 9.90 Å². The molecular formula is C18H17NO2. The van der Waals surface area contributed by atoms with E-state index in [1.54, 1.807) is 6.07 Å². The van der Waals surface area contributed by atoms with Gasteiger partial charge in [-0.1, -0.05) is 66.7 Å². The van der Waals surface area contributed by atoms with Crippen LogP contribution in [0.25, 0.3) is 6.08 Å². The van der Waals surface area contributed by atoms with E-state index >= 15 is 0 Å². The van der Waals surface area contributed by atoms with E-state index in [4.69, 9.17) is 5.73 Å². The molecule has 1 amide bonds. The summed E-state index contributed by atoms with van der Waals surface area (Å²) < 4.78 is 0. The minimum absolute atomic E-state index is 0.368. The number of hydrogen-bond donors (Lipinski definition) is 2. The van der Waals surface area contributed by atoms with Gasteiger partial charge in [-0.15, -0.1) is 0 Å². The van der Waals surface area contributed by atoms with Crippen LogP contribution in [0, 0.1) is 5.92 Å². The van der Waals surface area contributed by atoms with Crippen LogP contribution >= 0.6 is 0 Å². The molecule has 2 unspecified atom stereocenters. The molecule has 0 saturated carbocycles. The zero-order valence-corrected chi connectivity index (χ0v) is 11.6. The molecule has 0 spiro atoms. The molecule has 3 rings (SSSR count). The summed E-state index contributed by atoms with van der Waals surface area (Å²) in [6.45, 7) is 0. The maximum Gasteiger partial charge on any atom is 0.254 e. The second-order valence-corrected chi connectivity index (χ2v) is 5.37. The lowest BCUT2D eigenvalue weighted by Crippen LogP contribution is -2.49. The average molecular weight is 279 g/mol. The number of carbonyl (C=O) groups is 1. The van der Waals surface area contributed by atoms with Crippen molar-refractivity contribution in [1.29, 1.82) is 0 Å². The van der Waals surface area contributed by atoms with E-state index in [0.717, 1.165) is 11.1 Å². The van der Waals surface area contributed by atoms with Gasteiger partial charge in [-0.25, -0.2) is 0 Å². The monoisotopic (exact) mass is 279 g/mol. The average Bonchev–Trinajstić information content (AvgIpc) is 2.51. The summed E-state index contributed by atoms with van der Waals surface area (Å²) in [5, 5.41) is 11.0. The lowest BCUT2D eigenvalue weighted by atomic mass is 9.72. The molecule has 3 heteroatoms. The van der Waals surface area contributed by atoms with Gasteiger partial charge in [-0.3, -0.25) is 4.79 Å². The summed E-state index contributed by atoms with van der Waals surface area (Å²) in [6.07, 6.45) is 4.38. The molecule has 1 aliphatic rings. The summed E-state index contributed by atoms with van der Waals surface area (Å²) >= 11 is 0. The maximum absolute atomic E-state index is 12.0. The van der Waals surface area contributed by atoms with E-state index in [2.05, 4.69) is 0 Å². The molecule has 0 aromatic heterocycles. The quantitative estimate of drug-likeness (QED) is 0.905. The SMILES string of the molecule is NC(=O)C1(O)c2ccccc2C=CC1Cc1ccccc1. The third-order valence-corrected chi connectivity index (χ3v) is 4.09. The second kappa shape index (κ2) is 5.19. The number of benzene rings is 2. The minimum Gasteiger partial charge on any atom is -0.375 e. The molecule has 0 fully saturated rings. The zero-order valence-electron chi connectivity index (χ0n) is 11.6. The molecule has 2 aromatic rings. The molecule has 0 heterocycles. The highest BCUT2D eigenvalue weighted by atomic mass is 16.3. The van der Waals surface area contributed by atoms with Gasteiger partial charge >= 0.3 is 0 Å². The first kappa shape index (κ1) is 13.6. The van der Waals surface area contributed by atoms with Gasteiger partial charge in [0.25, 0.3) is 5.91 Å². The molecule has 106 valence electrons. The maximum atomic E-state index is 12.0. The number of hydrogen-bond acceptors (Lipinski definition) is 2. The molecule has 0 saturated heterocycles.